The number of carbonyl (C=O) groups is 2. The Bertz CT molecular complexity index is 931. The summed E-state index contributed by atoms with van der Waals surface area (Å²) in [5, 5.41) is 2.98. The highest BCUT2D eigenvalue weighted by atomic mass is 16.2. The highest BCUT2D eigenvalue weighted by Crippen LogP contribution is 2.28. The average Bonchev–Trinajstić information content (AvgIpc) is 2.73. The Balaban J connectivity index is 1.29. The van der Waals surface area contributed by atoms with Gasteiger partial charge in [0, 0.05) is 56.1 Å². The molecular weight excluding hydrogens is 376 g/mol. The second-order valence-electron chi connectivity index (χ2n) is 8.31. The van der Waals surface area contributed by atoms with Crippen LogP contribution in [-0.4, -0.2) is 52.9 Å². The summed E-state index contributed by atoms with van der Waals surface area (Å²) in [6.45, 7) is 6.73. The fourth-order valence-corrected chi connectivity index (χ4v) is 3.94. The van der Waals surface area contributed by atoms with Crippen molar-refractivity contribution in [1.82, 2.24) is 14.8 Å². The summed E-state index contributed by atoms with van der Waals surface area (Å²) in [4.78, 5) is 32.5. The van der Waals surface area contributed by atoms with Gasteiger partial charge in [0.1, 0.15) is 0 Å². The van der Waals surface area contributed by atoms with Crippen LogP contribution in [0.4, 0.5) is 10.5 Å². The zero-order valence-electron chi connectivity index (χ0n) is 17.5. The first-order valence-corrected chi connectivity index (χ1v) is 10.6. The average molecular weight is 405 g/mol. The van der Waals surface area contributed by atoms with Gasteiger partial charge in [-0.2, -0.15) is 0 Å². The number of pyridine rings is 1. The lowest BCUT2D eigenvalue weighted by molar-refractivity contribution is -0.134. The number of nitrogens with one attached hydrogen (secondary N) is 1. The molecule has 1 aromatic carbocycles. The van der Waals surface area contributed by atoms with E-state index in [1.54, 1.807) is 6.20 Å². The van der Waals surface area contributed by atoms with Gasteiger partial charge in [0.2, 0.25) is 5.91 Å². The van der Waals surface area contributed by atoms with E-state index < -0.39 is 0 Å². The van der Waals surface area contributed by atoms with E-state index in [1.807, 2.05) is 60.2 Å². The minimum atomic E-state index is -0.0670. The van der Waals surface area contributed by atoms with Crippen LogP contribution in [-0.2, 0) is 4.79 Å². The zero-order chi connectivity index (χ0) is 21.1. The normalized spacial score (nSPS) is 16.8. The molecule has 2 aliphatic rings. The summed E-state index contributed by atoms with van der Waals surface area (Å²) in [6, 6.07) is 11.9. The number of carbonyl (C=O) groups excluding carboxylic acids is 2. The third kappa shape index (κ3) is 4.37. The van der Waals surface area contributed by atoms with Crippen LogP contribution < -0.4 is 5.32 Å². The smallest absolute Gasteiger partial charge is 0.321 e. The molecule has 4 rings (SSSR count). The first-order chi connectivity index (χ1) is 14.5. The molecule has 0 spiro atoms. The second-order valence-corrected chi connectivity index (χ2v) is 8.31. The van der Waals surface area contributed by atoms with Crippen LogP contribution in [0.25, 0.3) is 5.57 Å². The molecule has 6 nitrogen and oxygen atoms in total. The van der Waals surface area contributed by atoms with Crippen molar-refractivity contribution in [1.29, 1.82) is 0 Å². The Hall–Kier alpha value is -3.15. The molecule has 2 aromatic rings. The SMILES string of the molecule is CC(C)C(=O)N1CC=C(c2ccc(NC(=O)N3CC(c4cccnc4)C3)cc2)CC1. The predicted molar refractivity (Wildman–Crippen MR) is 118 cm³/mol. The number of anilines is 1. The molecule has 1 N–H and O–H groups in total. The number of urea groups is 1. The van der Waals surface area contributed by atoms with Crippen molar-refractivity contribution in [2.75, 3.05) is 31.5 Å². The minimum absolute atomic E-state index is 0.0360. The van der Waals surface area contributed by atoms with Crippen molar-refractivity contribution in [2.24, 2.45) is 5.92 Å². The highest BCUT2D eigenvalue weighted by Gasteiger charge is 2.31. The third-order valence-electron chi connectivity index (χ3n) is 5.85. The third-order valence-corrected chi connectivity index (χ3v) is 5.85. The molecule has 0 saturated carbocycles. The maximum atomic E-state index is 12.5. The standard InChI is InChI=1S/C24H28N4O2/c1-17(2)23(29)27-12-9-19(10-13-27)18-5-7-22(8-6-18)26-24(30)28-15-21(16-28)20-4-3-11-25-14-20/h3-9,11,14,17,21H,10,12-13,15-16H2,1-2H3,(H,26,30). The van der Waals surface area contributed by atoms with Gasteiger partial charge >= 0.3 is 6.03 Å². The van der Waals surface area contributed by atoms with Gasteiger partial charge in [-0.25, -0.2) is 4.79 Å². The number of hydrogen-bond donors (Lipinski definition) is 1. The topological polar surface area (TPSA) is 65.5 Å². The molecule has 1 aromatic heterocycles. The van der Waals surface area contributed by atoms with Crippen molar-refractivity contribution in [3.8, 4) is 0 Å². The Morgan fingerprint density at radius 1 is 1.10 bits per heavy atom. The number of nitrogens with zero attached hydrogens (tertiary/aromatic N) is 3. The van der Waals surface area contributed by atoms with Crippen LogP contribution in [0.15, 0.2) is 54.9 Å². The van der Waals surface area contributed by atoms with Gasteiger partial charge in [-0.05, 0) is 41.3 Å². The van der Waals surface area contributed by atoms with Gasteiger partial charge in [0.25, 0.3) is 0 Å². The van der Waals surface area contributed by atoms with Crippen LogP contribution >= 0.6 is 0 Å². The molecule has 6 heteroatoms. The van der Waals surface area contributed by atoms with E-state index in [9.17, 15) is 9.59 Å². The number of likely N-dealkylation sites (tertiary alicyclic amines) is 1. The van der Waals surface area contributed by atoms with E-state index in [0.29, 0.717) is 25.6 Å². The maximum Gasteiger partial charge on any atom is 0.321 e. The molecule has 3 amide bonds. The Kier molecular flexibility index (Phi) is 5.84. The van der Waals surface area contributed by atoms with Crippen LogP contribution in [0.2, 0.25) is 0 Å². The van der Waals surface area contributed by atoms with Crippen molar-refractivity contribution in [2.45, 2.75) is 26.2 Å². The van der Waals surface area contributed by atoms with E-state index in [0.717, 1.165) is 24.2 Å². The fraction of sp³-hybridized carbons (Fsp3) is 0.375. The second kappa shape index (κ2) is 8.69. The first kappa shape index (κ1) is 20.1. The molecule has 30 heavy (non-hydrogen) atoms. The molecule has 156 valence electrons. The van der Waals surface area contributed by atoms with Crippen molar-refractivity contribution < 1.29 is 9.59 Å². The Labute approximate surface area is 177 Å². The van der Waals surface area contributed by atoms with Crippen LogP contribution in [0.3, 0.4) is 0 Å². The van der Waals surface area contributed by atoms with Gasteiger partial charge in [0.15, 0.2) is 0 Å². The van der Waals surface area contributed by atoms with Crippen molar-refractivity contribution in [3.05, 3.63) is 66.0 Å². The monoisotopic (exact) mass is 404 g/mol. The van der Waals surface area contributed by atoms with Gasteiger partial charge in [-0.3, -0.25) is 9.78 Å². The molecule has 3 heterocycles. The molecule has 0 radical (unpaired) electrons. The van der Waals surface area contributed by atoms with Gasteiger partial charge in [0.05, 0.1) is 0 Å². The number of aromatic nitrogens is 1. The lowest BCUT2D eigenvalue weighted by atomic mass is 9.93. The molecular formula is C24H28N4O2. The number of benzene rings is 1. The van der Waals surface area contributed by atoms with Crippen LogP contribution in [0.5, 0.6) is 0 Å². The molecule has 0 unspecified atom stereocenters. The van der Waals surface area contributed by atoms with Gasteiger partial charge < -0.3 is 15.1 Å². The molecule has 1 saturated heterocycles. The Morgan fingerprint density at radius 2 is 1.87 bits per heavy atom. The van der Waals surface area contributed by atoms with E-state index >= 15 is 0 Å². The maximum absolute atomic E-state index is 12.5. The van der Waals surface area contributed by atoms with Crippen molar-refractivity contribution in [3.63, 3.8) is 0 Å². The summed E-state index contributed by atoms with van der Waals surface area (Å²) >= 11 is 0. The molecule has 1 fully saturated rings. The summed E-state index contributed by atoms with van der Waals surface area (Å²) < 4.78 is 0. The molecule has 0 aliphatic carbocycles. The number of hydrogen-bond acceptors (Lipinski definition) is 3. The summed E-state index contributed by atoms with van der Waals surface area (Å²) in [5.74, 6) is 0.612. The summed E-state index contributed by atoms with van der Waals surface area (Å²) in [5.41, 5.74) is 4.37. The van der Waals surface area contributed by atoms with Crippen LogP contribution in [0.1, 0.15) is 37.3 Å². The molecule has 0 atom stereocenters. The number of rotatable bonds is 4. The quantitative estimate of drug-likeness (QED) is 0.838. The first-order valence-electron chi connectivity index (χ1n) is 10.6. The lowest BCUT2D eigenvalue weighted by Gasteiger charge is -2.39. The summed E-state index contributed by atoms with van der Waals surface area (Å²) in [6.07, 6.45) is 6.63. The number of amides is 3. The van der Waals surface area contributed by atoms with E-state index in [2.05, 4.69) is 22.4 Å². The van der Waals surface area contributed by atoms with E-state index in [1.165, 1.54) is 11.1 Å². The predicted octanol–water partition coefficient (Wildman–Crippen LogP) is 3.98. The largest absolute Gasteiger partial charge is 0.338 e. The van der Waals surface area contributed by atoms with Gasteiger partial charge in [-0.15, -0.1) is 0 Å². The van der Waals surface area contributed by atoms with E-state index in [-0.39, 0.29) is 17.9 Å². The van der Waals surface area contributed by atoms with Gasteiger partial charge in [-0.1, -0.05) is 38.1 Å². The Morgan fingerprint density at radius 3 is 2.47 bits per heavy atom. The lowest BCUT2D eigenvalue weighted by Crippen LogP contribution is -2.50. The minimum Gasteiger partial charge on any atom is -0.338 e. The van der Waals surface area contributed by atoms with Crippen molar-refractivity contribution >= 4 is 23.2 Å². The highest BCUT2D eigenvalue weighted by molar-refractivity contribution is 5.90. The molecule has 0 bridgehead atoms. The zero-order valence-corrected chi connectivity index (χ0v) is 17.5. The summed E-state index contributed by atoms with van der Waals surface area (Å²) in [7, 11) is 0. The van der Waals surface area contributed by atoms with E-state index in [4.69, 9.17) is 0 Å². The molecule has 2 aliphatic heterocycles. The fourth-order valence-electron chi connectivity index (χ4n) is 3.94. The van der Waals surface area contributed by atoms with Crippen LogP contribution in [0, 0.1) is 5.92 Å².